The van der Waals surface area contributed by atoms with Crippen molar-refractivity contribution in [3.05, 3.63) is 35.5 Å². The number of carbonyl (C=O) groups excluding carboxylic acids is 1. The quantitative estimate of drug-likeness (QED) is 0.850. The lowest BCUT2D eigenvalue weighted by Crippen LogP contribution is -2.35. The zero-order chi connectivity index (χ0) is 13.6. The maximum absolute atomic E-state index is 11.8. The van der Waals surface area contributed by atoms with Crippen molar-refractivity contribution >= 4 is 23.1 Å². The van der Waals surface area contributed by atoms with Crippen LogP contribution >= 0.6 is 0 Å². The summed E-state index contributed by atoms with van der Waals surface area (Å²) in [5.41, 5.74) is 3.85. The monoisotopic (exact) mass is 256 g/mol. The van der Waals surface area contributed by atoms with Gasteiger partial charge in [0.2, 0.25) is 5.91 Å². The smallest absolute Gasteiger partial charge is 0.244 e. The summed E-state index contributed by atoms with van der Waals surface area (Å²) in [6.07, 6.45) is 0. The number of aryl methyl sites for hydroxylation is 3. The molecule has 2 heterocycles. The maximum atomic E-state index is 11.8. The fourth-order valence-electron chi connectivity index (χ4n) is 2.44. The van der Waals surface area contributed by atoms with Crippen LogP contribution in [0.1, 0.15) is 11.3 Å². The van der Waals surface area contributed by atoms with E-state index in [1.165, 1.54) is 5.56 Å². The minimum Gasteiger partial charge on any atom is -0.320 e. The van der Waals surface area contributed by atoms with Gasteiger partial charge in [-0.15, -0.1) is 0 Å². The maximum Gasteiger partial charge on any atom is 0.244 e. The van der Waals surface area contributed by atoms with Crippen LogP contribution in [0.25, 0.3) is 0 Å². The third kappa shape index (κ3) is 1.87. The van der Waals surface area contributed by atoms with Crippen molar-refractivity contribution in [1.82, 2.24) is 9.78 Å². The molecule has 1 N–H and O–H groups in total. The van der Waals surface area contributed by atoms with Gasteiger partial charge in [0.15, 0.2) is 5.82 Å². The molecule has 0 radical (unpaired) electrons. The Kier molecular flexibility index (Phi) is 2.55. The molecule has 1 aliphatic rings. The molecular weight excluding hydrogens is 240 g/mol. The Bertz CT molecular complexity index is 642. The van der Waals surface area contributed by atoms with Gasteiger partial charge in [-0.2, -0.15) is 5.10 Å². The minimum atomic E-state index is -0.0100. The van der Waals surface area contributed by atoms with Gasteiger partial charge in [-0.3, -0.25) is 9.48 Å². The molecule has 0 bridgehead atoms. The summed E-state index contributed by atoms with van der Waals surface area (Å²) in [5, 5.41) is 7.28. The van der Waals surface area contributed by atoms with E-state index in [0.717, 1.165) is 22.9 Å². The van der Waals surface area contributed by atoms with Crippen LogP contribution in [0, 0.1) is 13.8 Å². The van der Waals surface area contributed by atoms with Gasteiger partial charge in [-0.25, -0.2) is 0 Å². The molecule has 19 heavy (non-hydrogen) atoms. The number of rotatable bonds is 1. The molecule has 3 rings (SSSR count). The third-order valence-electron chi connectivity index (χ3n) is 3.36. The molecule has 0 saturated heterocycles. The Morgan fingerprint density at radius 1 is 1.21 bits per heavy atom. The van der Waals surface area contributed by atoms with Crippen LogP contribution in [0.3, 0.4) is 0 Å². The summed E-state index contributed by atoms with van der Waals surface area (Å²) in [5.74, 6) is 0.921. The summed E-state index contributed by atoms with van der Waals surface area (Å²) in [6.45, 7) is 4.26. The van der Waals surface area contributed by atoms with E-state index in [1.807, 2.05) is 54.7 Å². The Morgan fingerprint density at radius 2 is 1.89 bits per heavy atom. The van der Waals surface area contributed by atoms with Crippen molar-refractivity contribution in [2.75, 3.05) is 16.8 Å². The molecule has 98 valence electrons. The topological polar surface area (TPSA) is 50.2 Å². The first-order valence-electron chi connectivity index (χ1n) is 6.24. The van der Waals surface area contributed by atoms with E-state index >= 15 is 0 Å². The van der Waals surface area contributed by atoms with Crippen molar-refractivity contribution < 1.29 is 4.79 Å². The second kappa shape index (κ2) is 4.12. The number of hydrogen-bond donors (Lipinski definition) is 1. The Morgan fingerprint density at radius 3 is 2.58 bits per heavy atom. The highest BCUT2D eigenvalue weighted by Gasteiger charge is 2.28. The van der Waals surface area contributed by atoms with Crippen LogP contribution in [0.15, 0.2) is 24.3 Å². The van der Waals surface area contributed by atoms with E-state index in [9.17, 15) is 4.79 Å². The number of aromatic nitrogens is 2. The summed E-state index contributed by atoms with van der Waals surface area (Å²) >= 11 is 0. The van der Waals surface area contributed by atoms with Gasteiger partial charge in [0, 0.05) is 12.7 Å². The normalized spacial score (nSPS) is 14.3. The molecule has 1 aromatic carbocycles. The van der Waals surface area contributed by atoms with Crippen molar-refractivity contribution in [2.45, 2.75) is 13.8 Å². The summed E-state index contributed by atoms with van der Waals surface area (Å²) in [6, 6.07) is 8.15. The first-order valence-corrected chi connectivity index (χ1v) is 6.24. The molecule has 2 aromatic rings. The first kappa shape index (κ1) is 11.8. The summed E-state index contributed by atoms with van der Waals surface area (Å²) < 4.78 is 1.81. The van der Waals surface area contributed by atoms with Crippen molar-refractivity contribution in [3.8, 4) is 0 Å². The Labute approximate surface area is 111 Å². The number of carbonyl (C=O) groups is 1. The molecule has 1 aromatic heterocycles. The second-order valence-corrected chi connectivity index (χ2v) is 4.88. The summed E-state index contributed by atoms with van der Waals surface area (Å²) in [7, 11) is 1.89. The molecule has 1 amide bonds. The lowest BCUT2D eigenvalue weighted by molar-refractivity contribution is -0.115. The van der Waals surface area contributed by atoms with Gasteiger partial charge >= 0.3 is 0 Å². The lowest BCUT2D eigenvalue weighted by atomic mass is 10.2. The molecule has 1 aliphatic heterocycles. The standard InChI is InChI=1S/C14H16N4O/c1-9-4-6-11(7-5-9)18-8-12(19)15-13-10(2)16-17(3)14(13)18/h4-7H,8H2,1-3H3,(H,15,19). The number of nitrogens with zero attached hydrogens (tertiary/aromatic N) is 3. The number of nitrogens with one attached hydrogen (secondary N) is 1. The van der Waals surface area contributed by atoms with Gasteiger partial charge < -0.3 is 10.2 Å². The van der Waals surface area contributed by atoms with Gasteiger partial charge in [0.1, 0.15) is 12.2 Å². The Balaban J connectivity index is 2.13. The zero-order valence-electron chi connectivity index (χ0n) is 11.3. The fourth-order valence-corrected chi connectivity index (χ4v) is 2.44. The van der Waals surface area contributed by atoms with Gasteiger partial charge in [-0.05, 0) is 26.0 Å². The number of hydrogen-bond acceptors (Lipinski definition) is 3. The molecule has 5 heteroatoms. The van der Waals surface area contributed by atoms with Gasteiger partial charge in [0.25, 0.3) is 0 Å². The number of benzene rings is 1. The predicted octanol–water partition coefficient (Wildman–Crippen LogP) is 2.13. The largest absolute Gasteiger partial charge is 0.320 e. The average molecular weight is 256 g/mol. The highest BCUT2D eigenvalue weighted by Crippen LogP contribution is 2.36. The van der Waals surface area contributed by atoms with E-state index in [-0.39, 0.29) is 5.91 Å². The van der Waals surface area contributed by atoms with Gasteiger partial charge in [-0.1, -0.05) is 17.7 Å². The van der Waals surface area contributed by atoms with Crippen molar-refractivity contribution in [1.29, 1.82) is 0 Å². The predicted molar refractivity (Wildman–Crippen MR) is 74.8 cm³/mol. The van der Waals surface area contributed by atoms with Crippen molar-refractivity contribution in [3.63, 3.8) is 0 Å². The molecule has 0 fully saturated rings. The SMILES string of the molecule is Cc1ccc(N2CC(=O)Nc3c(C)nn(C)c32)cc1. The van der Waals surface area contributed by atoms with E-state index in [0.29, 0.717) is 6.54 Å². The number of amides is 1. The Hall–Kier alpha value is -2.30. The molecule has 0 spiro atoms. The third-order valence-corrected chi connectivity index (χ3v) is 3.36. The van der Waals surface area contributed by atoms with Gasteiger partial charge in [0.05, 0.1) is 5.69 Å². The van der Waals surface area contributed by atoms with Crippen LogP contribution in [-0.4, -0.2) is 22.2 Å². The van der Waals surface area contributed by atoms with E-state index in [4.69, 9.17) is 0 Å². The van der Waals surface area contributed by atoms with Crippen LogP contribution in [0.2, 0.25) is 0 Å². The van der Waals surface area contributed by atoms with E-state index < -0.39 is 0 Å². The highest BCUT2D eigenvalue weighted by atomic mass is 16.2. The van der Waals surface area contributed by atoms with Crippen LogP contribution in [0.5, 0.6) is 0 Å². The average Bonchev–Trinajstić information content (AvgIpc) is 2.65. The first-order chi connectivity index (χ1) is 9.06. The second-order valence-electron chi connectivity index (χ2n) is 4.88. The molecule has 0 atom stereocenters. The van der Waals surface area contributed by atoms with Crippen LogP contribution < -0.4 is 10.2 Å². The van der Waals surface area contributed by atoms with Crippen molar-refractivity contribution in [2.24, 2.45) is 7.05 Å². The molecular formula is C14H16N4O. The number of fused-ring (bicyclic) bond motifs is 1. The highest BCUT2D eigenvalue weighted by molar-refractivity contribution is 6.03. The van der Waals surface area contributed by atoms with E-state index in [1.54, 1.807) is 0 Å². The number of anilines is 3. The zero-order valence-corrected chi connectivity index (χ0v) is 11.3. The minimum absolute atomic E-state index is 0.0100. The van der Waals surface area contributed by atoms with E-state index in [2.05, 4.69) is 10.4 Å². The van der Waals surface area contributed by atoms with Crippen LogP contribution in [0.4, 0.5) is 17.2 Å². The molecule has 0 aliphatic carbocycles. The molecule has 0 unspecified atom stereocenters. The lowest BCUT2D eigenvalue weighted by Gasteiger charge is -2.29. The summed E-state index contributed by atoms with van der Waals surface area (Å²) in [4.78, 5) is 13.8. The molecule has 0 saturated carbocycles. The fraction of sp³-hybridized carbons (Fsp3) is 0.286. The molecule has 5 nitrogen and oxygen atoms in total. The van der Waals surface area contributed by atoms with Crippen LogP contribution in [-0.2, 0) is 11.8 Å².